The largest absolute Gasteiger partial charge is 0.393 e. The van der Waals surface area contributed by atoms with Crippen LogP contribution in [-0.4, -0.2) is 21.2 Å². The minimum atomic E-state index is -0.551. The summed E-state index contributed by atoms with van der Waals surface area (Å²) in [5.74, 6) is 0.108. The standard InChI is InChI=1S/C8H13N3O2/c1-4(12)3-6-5(2)10-8(9)11-7(6)13/h4,12H,3H2,1-2H3,(H3,9,10,11,13)/t4-/m1/s1. The summed E-state index contributed by atoms with van der Waals surface area (Å²) in [5.41, 5.74) is 6.12. The minimum Gasteiger partial charge on any atom is -0.393 e. The van der Waals surface area contributed by atoms with Crippen LogP contribution in [0.15, 0.2) is 4.79 Å². The Morgan fingerprint density at radius 1 is 1.69 bits per heavy atom. The monoisotopic (exact) mass is 183 g/mol. The van der Waals surface area contributed by atoms with Crippen LogP contribution in [0.2, 0.25) is 0 Å². The molecule has 0 aromatic carbocycles. The van der Waals surface area contributed by atoms with Crippen LogP contribution in [0.25, 0.3) is 0 Å². The number of aliphatic hydroxyl groups is 1. The molecule has 13 heavy (non-hydrogen) atoms. The van der Waals surface area contributed by atoms with Crippen molar-refractivity contribution in [2.45, 2.75) is 26.4 Å². The zero-order chi connectivity index (χ0) is 10.0. The van der Waals surface area contributed by atoms with Crippen molar-refractivity contribution < 1.29 is 5.11 Å². The van der Waals surface area contributed by atoms with E-state index in [9.17, 15) is 4.79 Å². The van der Waals surface area contributed by atoms with Gasteiger partial charge >= 0.3 is 0 Å². The Hall–Kier alpha value is -1.36. The van der Waals surface area contributed by atoms with Crippen LogP contribution in [0, 0.1) is 6.92 Å². The number of hydrogen-bond acceptors (Lipinski definition) is 4. The maximum Gasteiger partial charge on any atom is 0.255 e. The smallest absolute Gasteiger partial charge is 0.255 e. The Labute approximate surface area is 75.6 Å². The zero-order valence-corrected chi connectivity index (χ0v) is 7.66. The molecule has 1 aromatic rings. The molecule has 0 aliphatic carbocycles. The number of aliphatic hydroxyl groups excluding tert-OH is 1. The number of nitrogen functional groups attached to an aromatic ring is 1. The van der Waals surface area contributed by atoms with Gasteiger partial charge < -0.3 is 10.8 Å². The molecule has 4 N–H and O–H groups in total. The maximum atomic E-state index is 11.3. The lowest BCUT2D eigenvalue weighted by molar-refractivity contribution is 0.194. The van der Waals surface area contributed by atoms with Gasteiger partial charge in [0.1, 0.15) is 0 Å². The van der Waals surface area contributed by atoms with E-state index in [1.165, 1.54) is 0 Å². The zero-order valence-electron chi connectivity index (χ0n) is 7.66. The molecule has 0 radical (unpaired) electrons. The fraction of sp³-hybridized carbons (Fsp3) is 0.500. The summed E-state index contributed by atoms with van der Waals surface area (Å²) in [4.78, 5) is 17.6. The highest BCUT2D eigenvalue weighted by atomic mass is 16.3. The number of nitrogens with two attached hydrogens (primary N) is 1. The number of aromatic amines is 1. The van der Waals surface area contributed by atoms with Crippen LogP contribution in [-0.2, 0) is 6.42 Å². The fourth-order valence-corrected chi connectivity index (χ4v) is 1.17. The van der Waals surface area contributed by atoms with Crippen molar-refractivity contribution in [3.63, 3.8) is 0 Å². The molecule has 0 unspecified atom stereocenters. The number of H-pyrrole nitrogens is 1. The number of rotatable bonds is 2. The van der Waals surface area contributed by atoms with Crippen LogP contribution in [0.4, 0.5) is 5.95 Å². The predicted octanol–water partition coefficient (Wildman–Crippen LogP) is -0.416. The molecule has 0 aliphatic heterocycles. The third-order valence-corrected chi connectivity index (χ3v) is 1.74. The highest BCUT2D eigenvalue weighted by molar-refractivity contribution is 5.24. The first kappa shape index (κ1) is 9.73. The SMILES string of the molecule is Cc1nc(N)[nH]c(=O)c1C[C@@H](C)O. The molecule has 1 heterocycles. The van der Waals surface area contributed by atoms with Crippen LogP contribution in [0.3, 0.4) is 0 Å². The van der Waals surface area contributed by atoms with E-state index < -0.39 is 6.10 Å². The molecule has 0 spiro atoms. The van der Waals surface area contributed by atoms with E-state index >= 15 is 0 Å². The van der Waals surface area contributed by atoms with Crippen molar-refractivity contribution in [3.05, 3.63) is 21.6 Å². The summed E-state index contributed by atoms with van der Waals surface area (Å²) in [6.07, 6.45) is -0.251. The Kier molecular flexibility index (Phi) is 2.67. The molecule has 0 fully saturated rings. The number of aryl methyl sites for hydroxylation is 1. The molecule has 0 amide bonds. The lowest BCUT2D eigenvalue weighted by Gasteiger charge is -2.06. The van der Waals surface area contributed by atoms with Gasteiger partial charge in [0, 0.05) is 12.0 Å². The van der Waals surface area contributed by atoms with Crippen molar-refractivity contribution in [1.82, 2.24) is 9.97 Å². The first-order chi connectivity index (χ1) is 6.00. The summed E-state index contributed by atoms with van der Waals surface area (Å²) in [6.45, 7) is 3.32. The van der Waals surface area contributed by atoms with Crippen molar-refractivity contribution >= 4 is 5.95 Å². The van der Waals surface area contributed by atoms with E-state index in [1.54, 1.807) is 13.8 Å². The van der Waals surface area contributed by atoms with Gasteiger partial charge in [0.05, 0.1) is 11.8 Å². The third-order valence-electron chi connectivity index (χ3n) is 1.74. The van der Waals surface area contributed by atoms with E-state index in [1.807, 2.05) is 0 Å². The first-order valence-electron chi connectivity index (χ1n) is 4.04. The summed E-state index contributed by atoms with van der Waals surface area (Å²) >= 11 is 0. The highest BCUT2D eigenvalue weighted by Gasteiger charge is 2.08. The molecule has 5 heteroatoms. The van der Waals surface area contributed by atoms with Gasteiger partial charge in [0.15, 0.2) is 0 Å². The highest BCUT2D eigenvalue weighted by Crippen LogP contribution is 2.02. The number of nitrogens with zero attached hydrogens (tertiary/aromatic N) is 1. The van der Waals surface area contributed by atoms with Gasteiger partial charge in [0.25, 0.3) is 5.56 Å². The Morgan fingerprint density at radius 2 is 2.31 bits per heavy atom. The van der Waals surface area contributed by atoms with Crippen molar-refractivity contribution in [2.75, 3.05) is 5.73 Å². The lowest BCUT2D eigenvalue weighted by Crippen LogP contribution is -2.21. The summed E-state index contributed by atoms with van der Waals surface area (Å²) in [6, 6.07) is 0. The molecule has 0 saturated heterocycles. The quantitative estimate of drug-likeness (QED) is 0.581. The summed E-state index contributed by atoms with van der Waals surface area (Å²) in [7, 11) is 0. The molecule has 0 bridgehead atoms. The lowest BCUT2D eigenvalue weighted by atomic mass is 10.1. The van der Waals surface area contributed by atoms with Gasteiger partial charge in [-0.05, 0) is 13.8 Å². The van der Waals surface area contributed by atoms with Gasteiger partial charge in [-0.2, -0.15) is 0 Å². The fourth-order valence-electron chi connectivity index (χ4n) is 1.17. The van der Waals surface area contributed by atoms with Gasteiger partial charge in [-0.3, -0.25) is 9.78 Å². The molecule has 5 nitrogen and oxygen atoms in total. The number of nitrogens with one attached hydrogen (secondary N) is 1. The number of hydrogen-bond donors (Lipinski definition) is 3. The second-order valence-corrected chi connectivity index (χ2v) is 3.07. The van der Waals surface area contributed by atoms with Gasteiger partial charge in [-0.15, -0.1) is 0 Å². The average Bonchev–Trinajstić information content (AvgIpc) is 1.96. The Bertz CT molecular complexity index is 357. The topological polar surface area (TPSA) is 92.0 Å². The van der Waals surface area contributed by atoms with E-state index in [2.05, 4.69) is 9.97 Å². The molecule has 0 aliphatic rings. The normalized spacial score (nSPS) is 12.8. The molecule has 72 valence electrons. The van der Waals surface area contributed by atoms with E-state index in [4.69, 9.17) is 10.8 Å². The summed E-state index contributed by atoms with van der Waals surface area (Å²) in [5, 5.41) is 9.11. The van der Waals surface area contributed by atoms with Crippen LogP contribution >= 0.6 is 0 Å². The Balaban J connectivity index is 3.14. The third kappa shape index (κ3) is 2.29. The van der Waals surface area contributed by atoms with Crippen molar-refractivity contribution in [1.29, 1.82) is 0 Å². The second kappa shape index (κ2) is 3.57. The number of aromatic nitrogens is 2. The molecule has 1 atom stereocenters. The van der Waals surface area contributed by atoms with E-state index in [0.717, 1.165) is 0 Å². The van der Waals surface area contributed by atoms with Crippen LogP contribution < -0.4 is 11.3 Å². The molecular formula is C8H13N3O2. The van der Waals surface area contributed by atoms with Gasteiger partial charge in [-0.25, -0.2) is 4.98 Å². The van der Waals surface area contributed by atoms with Gasteiger partial charge in [0.2, 0.25) is 5.95 Å². The maximum absolute atomic E-state index is 11.3. The second-order valence-electron chi connectivity index (χ2n) is 3.07. The molecule has 1 rings (SSSR count). The van der Waals surface area contributed by atoms with Crippen molar-refractivity contribution in [3.8, 4) is 0 Å². The van der Waals surface area contributed by atoms with Crippen LogP contribution in [0.5, 0.6) is 0 Å². The minimum absolute atomic E-state index is 0.108. The summed E-state index contributed by atoms with van der Waals surface area (Å²) < 4.78 is 0. The van der Waals surface area contributed by atoms with E-state index in [-0.39, 0.29) is 11.5 Å². The van der Waals surface area contributed by atoms with E-state index in [0.29, 0.717) is 17.7 Å². The molecule has 0 saturated carbocycles. The average molecular weight is 183 g/mol. The molecular weight excluding hydrogens is 170 g/mol. The number of anilines is 1. The predicted molar refractivity (Wildman–Crippen MR) is 49.4 cm³/mol. The van der Waals surface area contributed by atoms with Crippen LogP contribution in [0.1, 0.15) is 18.2 Å². The van der Waals surface area contributed by atoms with Gasteiger partial charge in [-0.1, -0.05) is 0 Å². The Morgan fingerprint density at radius 3 is 2.77 bits per heavy atom. The first-order valence-corrected chi connectivity index (χ1v) is 4.04. The molecule has 1 aromatic heterocycles. The van der Waals surface area contributed by atoms with Crippen molar-refractivity contribution in [2.24, 2.45) is 0 Å².